The van der Waals surface area contributed by atoms with Crippen LogP contribution in [0, 0.1) is 0 Å². The molecule has 0 aromatic heterocycles. The first-order valence-electron chi connectivity index (χ1n) is 4.55. The van der Waals surface area contributed by atoms with Crippen LogP contribution in [0.2, 0.25) is 0 Å². The molecule has 0 aliphatic carbocycles. The molecule has 0 bridgehead atoms. The summed E-state index contributed by atoms with van der Waals surface area (Å²) in [5.74, 6) is 0.0807. The maximum absolute atomic E-state index is 11.6. The summed E-state index contributed by atoms with van der Waals surface area (Å²) in [5, 5.41) is 0. The van der Waals surface area contributed by atoms with E-state index in [1.54, 1.807) is 0 Å². The Bertz CT molecular complexity index is 213. The van der Waals surface area contributed by atoms with Gasteiger partial charge in [-0.15, -0.1) is 0 Å². The molecule has 0 aromatic rings. The number of nitrogens with zero attached hydrogens (tertiary/aromatic N) is 1. The first-order chi connectivity index (χ1) is 6.08. The Labute approximate surface area is 80.9 Å². The fourth-order valence-corrected chi connectivity index (χ4v) is 2.55. The van der Waals surface area contributed by atoms with Crippen LogP contribution >= 0.6 is 0 Å². The second kappa shape index (κ2) is 6.34. The minimum atomic E-state index is -3.09. The second-order valence-electron chi connectivity index (χ2n) is 2.80. The molecular formula is C8H19NO3S. The fourth-order valence-electron chi connectivity index (χ4n) is 1.06. The third-order valence-corrected chi connectivity index (χ3v) is 3.67. The molecule has 0 fully saturated rings. The third kappa shape index (κ3) is 4.59. The molecule has 0 atom stereocenters. The molecular weight excluding hydrogens is 190 g/mol. The van der Waals surface area contributed by atoms with Gasteiger partial charge in [-0.3, -0.25) is 0 Å². The Morgan fingerprint density at radius 2 is 1.92 bits per heavy atom. The number of hydrogen-bond donors (Lipinski definition) is 0. The lowest BCUT2D eigenvalue weighted by molar-refractivity contribution is 0.215. The Morgan fingerprint density at radius 3 is 2.31 bits per heavy atom. The van der Waals surface area contributed by atoms with Gasteiger partial charge in [-0.2, -0.15) is 0 Å². The topological polar surface area (TPSA) is 46.6 Å². The molecule has 0 N–H and O–H groups in total. The summed E-state index contributed by atoms with van der Waals surface area (Å²) < 4.78 is 29.3. The number of hydrogen-bond acceptors (Lipinski definition) is 3. The molecule has 0 radical (unpaired) electrons. The first kappa shape index (κ1) is 12.9. The van der Waals surface area contributed by atoms with E-state index in [4.69, 9.17) is 4.74 Å². The van der Waals surface area contributed by atoms with Crippen LogP contribution in [0.4, 0.5) is 0 Å². The number of sulfonamides is 1. The van der Waals surface area contributed by atoms with Crippen LogP contribution in [0.5, 0.6) is 0 Å². The van der Waals surface area contributed by atoms with Gasteiger partial charge in [0.05, 0.1) is 12.4 Å². The summed E-state index contributed by atoms with van der Waals surface area (Å²) in [6.45, 7) is 5.22. The number of rotatable bonds is 7. The van der Waals surface area contributed by atoms with Crippen LogP contribution in [-0.4, -0.2) is 45.3 Å². The maximum Gasteiger partial charge on any atom is 0.216 e. The highest BCUT2D eigenvalue weighted by Gasteiger charge is 2.18. The minimum absolute atomic E-state index is 0.0807. The van der Waals surface area contributed by atoms with Crippen LogP contribution < -0.4 is 0 Å². The molecule has 0 unspecified atom stereocenters. The van der Waals surface area contributed by atoms with Crippen LogP contribution in [0.1, 0.15) is 20.3 Å². The van der Waals surface area contributed by atoms with Crippen molar-refractivity contribution in [1.29, 1.82) is 0 Å². The Morgan fingerprint density at radius 1 is 1.31 bits per heavy atom. The Balaban J connectivity index is 4.21. The lowest BCUT2D eigenvalue weighted by atomic mass is 10.5. The first-order valence-corrected chi connectivity index (χ1v) is 6.16. The lowest BCUT2D eigenvalue weighted by Gasteiger charge is -2.19. The molecule has 0 rings (SSSR count). The van der Waals surface area contributed by atoms with E-state index in [2.05, 4.69) is 0 Å². The van der Waals surface area contributed by atoms with Crippen molar-refractivity contribution < 1.29 is 13.2 Å². The van der Waals surface area contributed by atoms with Crippen molar-refractivity contribution in [3.8, 4) is 0 Å². The SMILES string of the molecule is CCCN(CC)S(=O)(=O)CCOC. The van der Waals surface area contributed by atoms with E-state index in [-0.39, 0.29) is 12.4 Å². The van der Waals surface area contributed by atoms with Gasteiger partial charge in [-0.25, -0.2) is 12.7 Å². The average molecular weight is 209 g/mol. The highest BCUT2D eigenvalue weighted by Crippen LogP contribution is 2.02. The van der Waals surface area contributed by atoms with E-state index < -0.39 is 10.0 Å². The zero-order valence-electron chi connectivity index (χ0n) is 8.62. The van der Waals surface area contributed by atoms with Crippen LogP contribution in [0.3, 0.4) is 0 Å². The van der Waals surface area contributed by atoms with Gasteiger partial charge in [0.2, 0.25) is 10.0 Å². The molecule has 0 amide bonds. The van der Waals surface area contributed by atoms with Crippen molar-refractivity contribution in [2.45, 2.75) is 20.3 Å². The quantitative estimate of drug-likeness (QED) is 0.620. The van der Waals surface area contributed by atoms with E-state index in [0.29, 0.717) is 13.1 Å². The zero-order valence-corrected chi connectivity index (χ0v) is 9.43. The van der Waals surface area contributed by atoms with Gasteiger partial charge in [-0.05, 0) is 6.42 Å². The van der Waals surface area contributed by atoms with Gasteiger partial charge < -0.3 is 4.74 Å². The zero-order chi connectivity index (χ0) is 10.3. The normalized spacial score (nSPS) is 12.3. The Kier molecular flexibility index (Phi) is 6.28. The molecule has 13 heavy (non-hydrogen) atoms. The Hall–Kier alpha value is -0.130. The van der Waals surface area contributed by atoms with Crippen molar-refractivity contribution in [3.05, 3.63) is 0 Å². The van der Waals surface area contributed by atoms with Gasteiger partial charge in [0.25, 0.3) is 0 Å². The van der Waals surface area contributed by atoms with Crippen LogP contribution in [0.25, 0.3) is 0 Å². The van der Waals surface area contributed by atoms with Crippen molar-refractivity contribution in [3.63, 3.8) is 0 Å². The molecule has 80 valence electrons. The molecule has 0 heterocycles. The highest BCUT2D eigenvalue weighted by atomic mass is 32.2. The van der Waals surface area contributed by atoms with E-state index in [1.165, 1.54) is 11.4 Å². The van der Waals surface area contributed by atoms with Gasteiger partial charge in [0, 0.05) is 20.2 Å². The predicted molar refractivity (Wildman–Crippen MR) is 53.2 cm³/mol. The molecule has 0 aliphatic rings. The maximum atomic E-state index is 11.6. The van der Waals surface area contributed by atoms with Crippen molar-refractivity contribution in [2.75, 3.05) is 32.6 Å². The fraction of sp³-hybridized carbons (Fsp3) is 1.00. The summed E-state index contributed by atoms with van der Waals surface area (Å²) in [7, 11) is -1.58. The average Bonchev–Trinajstić information content (AvgIpc) is 2.10. The van der Waals surface area contributed by atoms with Crippen molar-refractivity contribution in [2.24, 2.45) is 0 Å². The molecule has 0 spiro atoms. The van der Waals surface area contributed by atoms with Crippen LogP contribution in [-0.2, 0) is 14.8 Å². The summed E-state index contributed by atoms with van der Waals surface area (Å²) in [6.07, 6.45) is 0.847. The van der Waals surface area contributed by atoms with Gasteiger partial charge in [0.15, 0.2) is 0 Å². The minimum Gasteiger partial charge on any atom is -0.384 e. The highest BCUT2D eigenvalue weighted by molar-refractivity contribution is 7.89. The van der Waals surface area contributed by atoms with Crippen molar-refractivity contribution in [1.82, 2.24) is 4.31 Å². The number of ether oxygens (including phenoxy) is 1. The van der Waals surface area contributed by atoms with Gasteiger partial charge in [0.1, 0.15) is 0 Å². The molecule has 0 saturated heterocycles. The molecule has 5 heteroatoms. The number of methoxy groups -OCH3 is 1. The van der Waals surface area contributed by atoms with Gasteiger partial charge in [-0.1, -0.05) is 13.8 Å². The standard InChI is InChI=1S/C8H19NO3S/c1-4-6-9(5-2)13(10,11)8-7-12-3/h4-8H2,1-3H3. The second-order valence-corrected chi connectivity index (χ2v) is 4.89. The van der Waals surface area contributed by atoms with Crippen molar-refractivity contribution >= 4 is 10.0 Å². The summed E-state index contributed by atoms with van der Waals surface area (Å²) in [5.41, 5.74) is 0. The van der Waals surface area contributed by atoms with E-state index >= 15 is 0 Å². The lowest BCUT2D eigenvalue weighted by Crippen LogP contribution is -2.34. The molecule has 0 aromatic carbocycles. The molecule has 0 saturated carbocycles. The smallest absolute Gasteiger partial charge is 0.216 e. The van der Waals surface area contributed by atoms with E-state index in [1.807, 2.05) is 13.8 Å². The van der Waals surface area contributed by atoms with Crippen LogP contribution in [0.15, 0.2) is 0 Å². The van der Waals surface area contributed by atoms with E-state index in [0.717, 1.165) is 6.42 Å². The summed E-state index contributed by atoms with van der Waals surface area (Å²) >= 11 is 0. The van der Waals surface area contributed by atoms with E-state index in [9.17, 15) is 8.42 Å². The summed E-state index contributed by atoms with van der Waals surface area (Å²) in [6, 6.07) is 0. The monoisotopic (exact) mass is 209 g/mol. The third-order valence-electron chi connectivity index (χ3n) is 1.76. The molecule has 0 aliphatic heterocycles. The summed E-state index contributed by atoms with van der Waals surface area (Å²) in [4.78, 5) is 0. The largest absolute Gasteiger partial charge is 0.384 e. The van der Waals surface area contributed by atoms with Gasteiger partial charge >= 0.3 is 0 Å². The predicted octanol–water partition coefficient (Wildman–Crippen LogP) is 0.695. The molecule has 4 nitrogen and oxygen atoms in total.